The lowest BCUT2D eigenvalue weighted by atomic mass is 9.96. The molecule has 0 radical (unpaired) electrons. The second-order valence-electron chi connectivity index (χ2n) is 6.84. The zero-order chi connectivity index (χ0) is 21.6. The smallest absolute Gasteiger partial charge is 0.419 e. The Balaban J connectivity index is 1.71. The monoisotopic (exact) mass is 424 g/mol. The normalized spacial score (nSPS) is 16.9. The molecule has 10 heteroatoms. The van der Waals surface area contributed by atoms with E-state index in [1.54, 1.807) is 25.4 Å². The van der Waals surface area contributed by atoms with Crippen molar-refractivity contribution in [1.82, 2.24) is 9.97 Å². The quantitative estimate of drug-likeness (QED) is 0.687. The molecule has 0 aromatic carbocycles. The molecule has 1 unspecified atom stereocenters. The van der Waals surface area contributed by atoms with E-state index < -0.39 is 17.7 Å². The van der Waals surface area contributed by atoms with Crippen molar-refractivity contribution in [1.29, 1.82) is 0 Å². The molecule has 1 N–H and O–H groups in total. The average molecular weight is 424 g/mol. The second kappa shape index (κ2) is 9.75. The average Bonchev–Trinajstić information content (AvgIpc) is 2.74. The number of rotatable bonds is 7. The van der Waals surface area contributed by atoms with Gasteiger partial charge in [0.2, 0.25) is 11.8 Å². The predicted octanol–water partition coefficient (Wildman–Crippen LogP) is 3.38. The van der Waals surface area contributed by atoms with Crippen LogP contribution in [0.15, 0.2) is 36.7 Å². The minimum absolute atomic E-state index is 0.145. The number of amides is 1. The summed E-state index contributed by atoms with van der Waals surface area (Å²) in [5.74, 6) is -0.672. The highest BCUT2D eigenvalue weighted by molar-refractivity contribution is 5.94. The molecule has 7 nitrogen and oxygen atoms in total. The maximum Gasteiger partial charge on any atom is 0.419 e. The number of halogens is 3. The molecule has 1 amide bonds. The molecule has 1 aliphatic heterocycles. The van der Waals surface area contributed by atoms with Crippen molar-refractivity contribution in [3.8, 4) is 5.88 Å². The summed E-state index contributed by atoms with van der Waals surface area (Å²) >= 11 is 0. The van der Waals surface area contributed by atoms with Gasteiger partial charge in [-0.15, -0.1) is 0 Å². The Labute approximate surface area is 172 Å². The Morgan fingerprint density at radius 2 is 2.00 bits per heavy atom. The molecule has 3 rings (SSSR count). The third-order valence-electron chi connectivity index (χ3n) is 4.74. The van der Waals surface area contributed by atoms with Gasteiger partial charge in [-0.05, 0) is 37.1 Å². The fourth-order valence-electron chi connectivity index (χ4n) is 3.31. The van der Waals surface area contributed by atoms with Crippen LogP contribution in [0, 0.1) is 5.92 Å². The van der Waals surface area contributed by atoms with E-state index in [1.165, 1.54) is 17.2 Å². The summed E-state index contributed by atoms with van der Waals surface area (Å²) in [6, 6.07) is 5.59. The van der Waals surface area contributed by atoms with Crippen molar-refractivity contribution in [3.63, 3.8) is 0 Å². The van der Waals surface area contributed by atoms with Crippen molar-refractivity contribution < 1.29 is 27.4 Å². The fourth-order valence-corrected chi connectivity index (χ4v) is 3.31. The number of anilines is 2. The number of hydrogen-bond acceptors (Lipinski definition) is 6. The van der Waals surface area contributed by atoms with E-state index in [0.29, 0.717) is 31.7 Å². The van der Waals surface area contributed by atoms with Crippen LogP contribution in [0.2, 0.25) is 0 Å². The van der Waals surface area contributed by atoms with Crippen LogP contribution in [-0.2, 0) is 15.7 Å². The van der Waals surface area contributed by atoms with E-state index in [2.05, 4.69) is 15.3 Å². The van der Waals surface area contributed by atoms with Crippen LogP contribution in [0.1, 0.15) is 18.4 Å². The first-order valence-corrected chi connectivity index (χ1v) is 9.55. The molecule has 0 aliphatic carbocycles. The van der Waals surface area contributed by atoms with Crippen LogP contribution in [0.3, 0.4) is 0 Å². The van der Waals surface area contributed by atoms with Gasteiger partial charge < -0.3 is 19.7 Å². The number of carbonyl (C=O) groups excluding carboxylic acids is 1. The summed E-state index contributed by atoms with van der Waals surface area (Å²) in [6.07, 6.45) is -0.497. The Morgan fingerprint density at radius 3 is 2.77 bits per heavy atom. The molecule has 2 aromatic rings. The van der Waals surface area contributed by atoms with E-state index in [4.69, 9.17) is 9.47 Å². The number of ether oxygens (including phenoxy) is 2. The molecule has 0 saturated carbocycles. The van der Waals surface area contributed by atoms with E-state index in [0.717, 1.165) is 6.07 Å². The molecule has 0 spiro atoms. The Morgan fingerprint density at radius 1 is 1.23 bits per heavy atom. The van der Waals surface area contributed by atoms with Gasteiger partial charge in [-0.1, -0.05) is 0 Å². The molecule has 2 aromatic heterocycles. The number of nitrogens with one attached hydrogen (secondary N) is 1. The summed E-state index contributed by atoms with van der Waals surface area (Å²) < 4.78 is 50.5. The van der Waals surface area contributed by atoms with Crippen LogP contribution in [0.4, 0.5) is 24.7 Å². The number of alkyl halides is 3. The van der Waals surface area contributed by atoms with Gasteiger partial charge in [0.15, 0.2) is 0 Å². The Hall–Kier alpha value is -2.88. The minimum Gasteiger partial charge on any atom is -0.474 e. The SMILES string of the molecule is COCCOc1ncccc1NC(=O)C1CCCN(c2ncccc2C(F)(F)F)C1. The molecular formula is C20H23F3N4O3. The van der Waals surface area contributed by atoms with Gasteiger partial charge in [-0.3, -0.25) is 4.79 Å². The first kappa shape index (κ1) is 21.8. The fraction of sp³-hybridized carbons (Fsp3) is 0.450. The standard InChI is InChI=1S/C20H23F3N4O3/c1-29-11-12-30-19-16(7-3-9-25-19)26-18(28)14-5-4-10-27(13-14)17-15(20(21,22)23)6-2-8-24-17/h2-3,6-9,14H,4-5,10-13H2,1H3,(H,26,28). The molecule has 1 aliphatic rings. The highest BCUT2D eigenvalue weighted by atomic mass is 19.4. The topological polar surface area (TPSA) is 76.6 Å². The van der Waals surface area contributed by atoms with Crippen molar-refractivity contribution in [2.75, 3.05) is 43.6 Å². The summed E-state index contributed by atoms with van der Waals surface area (Å²) in [4.78, 5) is 22.4. The van der Waals surface area contributed by atoms with E-state index in [-0.39, 0.29) is 30.8 Å². The third kappa shape index (κ3) is 5.38. The lowest BCUT2D eigenvalue weighted by Crippen LogP contribution is -2.42. The zero-order valence-electron chi connectivity index (χ0n) is 16.5. The molecule has 0 bridgehead atoms. The number of aromatic nitrogens is 2. The Kier molecular flexibility index (Phi) is 7.09. The van der Waals surface area contributed by atoms with E-state index >= 15 is 0 Å². The maximum atomic E-state index is 13.3. The first-order valence-electron chi connectivity index (χ1n) is 9.55. The molecule has 162 valence electrons. The third-order valence-corrected chi connectivity index (χ3v) is 4.74. The number of carbonyl (C=O) groups is 1. The summed E-state index contributed by atoms with van der Waals surface area (Å²) in [6.45, 7) is 1.19. The minimum atomic E-state index is -4.51. The van der Waals surface area contributed by atoms with Crippen LogP contribution >= 0.6 is 0 Å². The van der Waals surface area contributed by atoms with Gasteiger partial charge in [0.1, 0.15) is 18.1 Å². The van der Waals surface area contributed by atoms with E-state index in [1.807, 2.05) is 0 Å². The summed E-state index contributed by atoms with van der Waals surface area (Å²) in [5, 5.41) is 2.79. The van der Waals surface area contributed by atoms with Gasteiger partial charge in [-0.2, -0.15) is 13.2 Å². The van der Waals surface area contributed by atoms with Gasteiger partial charge >= 0.3 is 6.18 Å². The second-order valence-corrected chi connectivity index (χ2v) is 6.84. The van der Waals surface area contributed by atoms with Gasteiger partial charge in [0.05, 0.1) is 18.1 Å². The van der Waals surface area contributed by atoms with Crippen molar-refractivity contribution in [2.24, 2.45) is 5.92 Å². The van der Waals surface area contributed by atoms with Crippen LogP contribution in [-0.4, -0.2) is 49.3 Å². The lowest BCUT2D eigenvalue weighted by molar-refractivity contribution is -0.137. The van der Waals surface area contributed by atoms with Gasteiger partial charge in [0, 0.05) is 32.6 Å². The van der Waals surface area contributed by atoms with Crippen molar-refractivity contribution in [2.45, 2.75) is 19.0 Å². The lowest BCUT2D eigenvalue weighted by Gasteiger charge is -2.34. The van der Waals surface area contributed by atoms with Crippen molar-refractivity contribution >= 4 is 17.4 Å². The largest absolute Gasteiger partial charge is 0.474 e. The summed E-state index contributed by atoms with van der Waals surface area (Å²) in [7, 11) is 1.55. The first-order chi connectivity index (χ1) is 14.4. The summed E-state index contributed by atoms with van der Waals surface area (Å²) in [5.41, 5.74) is -0.392. The Bertz CT molecular complexity index is 863. The number of pyridine rings is 2. The number of piperidine rings is 1. The van der Waals surface area contributed by atoms with Crippen molar-refractivity contribution in [3.05, 3.63) is 42.2 Å². The molecule has 3 heterocycles. The number of methoxy groups -OCH3 is 1. The van der Waals surface area contributed by atoms with Gasteiger partial charge in [-0.25, -0.2) is 9.97 Å². The number of hydrogen-bond donors (Lipinski definition) is 1. The predicted molar refractivity (Wildman–Crippen MR) is 104 cm³/mol. The van der Waals surface area contributed by atoms with E-state index in [9.17, 15) is 18.0 Å². The van der Waals surface area contributed by atoms with Crippen LogP contribution < -0.4 is 15.0 Å². The zero-order valence-corrected chi connectivity index (χ0v) is 16.5. The highest BCUT2D eigenvalue weighted by Crippen LogP contribution is 2.36. The molecule has 1 saturated heterocycles. The molecule has 30 heavy (non-hydrogen) atoms. The molecule has 1 fully saturated rings. The maximum absolute atomic E-state index is 13.3. The van der Waals surface area contributed by atoms with Crippen LogP contribution in [0.25, 0.3) is 0 Å². The highest BCUT2D eigenvalue weighted by Gasteiger charge is 2.37. The van der Waals surface area contributed by atoms with Crippen LogP contribution in [0.5, 0.6) is 5.88 Å². The molecule has 1 atom stereocenters. The number of nitrogens with zero attached hydrogens (tertiary/aromatic N) is 3. The molecular weight excluding hydrogens is 401 g/mol. The van der Waals surface area contributed by atoms with Gasteiger partial charge in [0.25, 0.3) is 0 Å².